The number of nitrogens with one attached hydrogen (secondary N) is 1. The minimum atomic E-state index is -0.522. The van der Waals surface area contributed by atoms with Crippen LogP contribution in [0.1, 0.15) is 18.1 Å². The summed E-state index contributed by atoms with van der Waals surface area (Å²) in [7, 11) is 0. The fourth-order valence-corrected chi connectivity index (χ4v) is 5.85. The lowest BCUT2D eigenvalue weighted by Crippen LogP contribution is -2.36. The molecule has 2 aromatic heterocycles. The van der Waals surface area contributed by atoms with Gasteiger partial charge in [-0.05, 0) is 66.6 Å². The normalized spacial score (nSPS) is 22.5. The van der Waals surface area contributed by atoms with Crippen LogP contribution < -0.4 is 5.32 Å². The van der Waals surface area contributed by atoms with Gasteiger partial charge >= 0.3 is 0 Å². The topological polar surface area (TPSA) is 80.1 Å². The largest absolute Gasteiger partial charge is 0.342 e. The fourth-order valence-electron chi connectivity index (χ4n) is 5.85. The molecule has 0 radical (unpaired) electrons. The van der Waals surface area contributed by atoms with Crippen molar-refractivity contribution in [2.24, 2.45) is 11.8 Å². The molecule has 182 valence electrons. The number of anilines is 1. The van der Waals surface area contributed by atoms with Crippen LogP contribution >= 0.6 is 0 Å². The zero-order valence-electron chi connectivity index (χ0n) is 19.7. The van der Waals surface area contributed by atoms with E-state index in [-0.39, 0.29) is 35.3 Å². The first kappa shape index (κ1) is 22.3. The number of aromatic nitrogens is 3. The van der Waals surface area contributed by atoms with Gasteiger partial charge in [-0.15, -0.1) is 0 Å². The molecule has 2 aromatic carbocycles. The number of aryl methyl sites for hydroxylation is 1. The van der Waals surface area contributed by atoms with Crippen LogP contribution in [-0.2, 0) is 15.0 Å². The number of likely N-dealkylation sites (tertiary alicyclic amines) is 1. The summed E-state index contributed by atoms with van der Waals surface area (Å²) >= 11 is 0. The van der Waals surface area contributed by atoms with Gasteiger partial charge in [0.05, 0.1) is 29.5 Å². The lowest BCUT2D eigenvalue weighted by atomic mass is 9.88. The van der Waals surface area contributed by atoms with Gasteiger partial charge in [0, 0.05) is 36.7 Å². The number of pyridine rings is 1. The minimum absolute atomic E-state index is 0.0243. The van der Waals surface area contributed by atoms with Crippen molar-refractivity contribution in [2.75, 3.05) is 18.4 Å². The predicted molar refractivity (Wildman–Crippen MR) is 130 cm³/mol. The van der Waals surface area contributed by atoms with E-state index in [0.29, 0.717) is 13.1 Å². The lowest BCUT2D eigenvalue weighted by molar-refractivity contribution is -0.129. The van der Waals surface area contributed by atoms with Gasteiger partial charge in [-0.2, -0.15) is 5.10 Å². The van der Waals surface area contributed by atoms with E-state index in [1.54, 1.807) is 34.8 Å². The minimum Gasteiger partial charge on any atom is -0.342 e. The van der Waals surface area contributed by atoms with E-state index in [2.05, 4.69) is 21.5 Å². The molecular formula is C27H23F2N5O2. The lowest BCUT2D eigenvalue weighted by Gasteiger charge is -2.24. The molecule has 1 saturated heterocycles. The molecule has 7 nitrogen and oxygen atoms in total. The number of hydrogen-bond acceptors (Lipinski definition) is 4. The summed E-state index contributed by atoms with van der Waals surface area (Å²) in [6.07, 6.45) is 2.82. The average Bonchev–Trinajstić information content (AvgIpc) is 3.12. The van der Waals surface area contributed by atoms with Crippen LogP contribution in [0.2, 0.25) is 0 Å². The molecule has 2 aliphatic rings. The molecule has 36 heavy (non-hydrogen) atoms. The zero-order valence-corrected chi connectivity index (χ0v) is 19.7. The summed E-state index contributed by atoms with van der Waals surface area (Å²) < 4.78 is 28.4. The maximum Gasteiger partial charge on any atom is 0.230 e. The Labute approximate surface area is 205 Å². The third-order valence-electron chi connectivity index (χ3n) is 7.57. The first-order chi connectivity index (χ1) is 17.3. The van der Waals surface area contributed by atoms with Crippen LogP contribution in [0, 0.1) is 30.4 Å². The Balaban J connectivity index is 1.38. The molecule has 3 atom stereocenters. The molecule has 3 unspecified atom stereocenters. The maximum absolute atomic E-state index is 13.4. The van der Waals surface area contributed by atoms with Gasteiger partial charge < -0.3 is 10.2 Å². The molecular weight excluding hydrogens is 464 g/mol. The molecule has 2 fully saturated rings. The van der Waals surface area contributed by atoms with E-state index in [1.807, 2.05) is 13.0 Å². The first-order valence-corrected chi connectivity index (χ1v) is 11.7. The van der Waals surface area contributed by atoms with Gasteiger partial charge in [0.25, 0.3) is 0 Å². The molecule has 3 heterocycles. The summed E-state index contributed by atoms with van der Waals surface area (Å²) in [6, 6.07) is 12.9. The number of nitrogens with zero attached hydrogens (tertiary/aromatic N) is 4. The van der Waals surface area contributed by atoms with Crippen molar-refractivity contribution in [1.82, 2.24) is 19.7 Å². The second-order valence-corrected chi connectivity index (χ2v) is 9.63. The van der Waals surface area contributed by atoms with E-state index >= 15 is 0 Å². The van der Waals surface area contributed by atoms with Crippen molar-refractivity contribution in [3.8, 4) is 5.69 Å². The van der Waals surface area contributed by atoms with E-state index in [0.717, 1.165) is 33.9 Å². The Morgan fingerprint density at radius 1 is 1.06 bits per heavy atom. The maximum atomic E-state index is 13.4. The first-order valence-electron chi connectivity index (χ1n) is 11.7. The molecule has 0 spiro atoms. The van der Waals surface area contributed by atoms with Crippen molar-refractivity contribution in [3.63, 3.8) is 0 Å². The summed E-state index contributed by atoms with van der Waals surface area (Å²) in [6.45, 7) is 4.48. The second kappa shape index (κ2) is 7.94. The van der Waals surface area contributed by atoms with Crippen LogP contribution in [-0.4, -0.2) is 44.6 Å². The zero-order chi connectivity index (χ0) is 25.2. The molecule has 1 saturated carbocycles. The number of carbonyl (C=O) groups is 2. The number of benzene rings is 2. The van der Waals surface area contributed by atoms with Crippen molar-refractivity contribution >= 4 is 28.5 Å². The summed E-state index contributed by atoms with van der Waals surface area (Å²) in [5.74, 6) is -1.10. The Morgan fingerprint density at radius 2 is 1.81 bits per heavy atom. The monoisotopic (exact) mass is 487 g/mol. The van der Waals surface area contributed by atoms with Gasteiger partial charge in [-0.1, -0.05) is 0 Å². The SMILES string of the molecule is CC(=O)N1CC2C(C(=O)Nc3ccc(F)cn3)C2(c2cc3cnn(-c4ccc(F)cc4)c3cc2C)C1. The highest BCUT2D eigenvalue weighted by molar-refractivity contribution is 5.97. The van der Waals surface area contributed by atoms with Crippen LogP contribution in [0.5, 0.6) is 0 Å². The highest BCUT2D eigenvalue weighted by atomic mass is 19.1. The van der Waals surface area contributed by atoms with Crippen LogP contribution in [0.3, 0.4) is 0 Å². The average molecular weight is 488 g/mol. The summed E-state index contributed by atoms with van der Waals surface area (Å²) in [4.78, 5) is 31.3. The van der Waals surface area contributed by atoms with Crippen molar-refractivity contribution < 1.29 is 18.4 Å². The van der Waals surface area contributed by atoms with Gasteiger partial charge in [0.2, 0.25) is 11.8 Å². The molecule has 1 aliphatic heterocycles. The smallest absolute Gasteiger partial charge is 0.230 e. The Hall–Kier alpha value is -4.14. The van der Waals surface area contributed by atoms with E-state index < -0.39 is 11.2 Å². The fraction of sp³-hybridized carbons (Fsp3) is 0.259. The number of halogens is 2. The third-order valence-corrected chi connectivity index (χ3v) is 7.57. The Kier molecular flexibility index (Phi) is 4.93. The summed E-state index contributed by atoms with van der Waals surface area (Å²) in [5, 5.41) is 8.22. The number of amides is 2. The van der Waals surface area contributed by atoms with Gasteiger partial charge in [-0.3, -0.25) is 9.59 Å². The van der Waals surface area contributed by atoms with Gasteiger partial charge in [0.1, 0.15) is 17.5 Å². The van der Waals surface area contributed by atoms with Crippen LogP contribution in [0.4, 0.5) is 14.6 Å². The molecule has 0 bridgehead atoms. The predicted octanol–water partition coefficient (Wildman–Crippen LogP) is 3.99. The quantitative estimate of drug-likeness (QED) is 0.472. The standard InChI is InChI=1S/C27H23F2N5O2/c1-15-9-23-17(11-31-34(23)20-6-3-18(28)4-7-20)10-21(15)27-14-33(16(2)35)13-22(27)25(27)26(36)32-24-8-5-19(29)12-30-24/h3-12,22,25H,13-14H2,1-2H3,(H,30,32,36). The molecule has 2 amide bonds. The van der Waals surface area contributed by atoms with E-state index in [1.165, 1.54) is 24.3 Å². The van der Waals surface area contributed by atoms with Gasteiger partial charge in [0.15, 0.2) is 0 Å². The molecule has 6 rings (SSSR count). The van der Waals surface area contributed by atoms with Crippen LogP contribution in [0.25, 0.3) is 16.6 Å². The highest BCUT2D eigenvalue weighted by Gasteiger charge is 2.73. The van der Waals surface area contributed by atoms with E-state index in [4.69, 9.17) is 0 Å². The number of piperidine rings is 1. The van der Waals surface area contributed by atoms with Crippen molar-refractivity contribution in [2.45, 2.75) is 19.3 Å². The molecule has 9 heteroatoms. The third kappa shape index (κ3) is 3.37. The molecule has 1 aliphatic carbocycles. The molecule has 1 N–H and O–H groups in total. The van der Waals surface area contributed by atoms with Crippen molar-refractivity contribution in [3.05, 3.63) is 83.7 Å². The van der Waals surface area contributed by atoms with Gasteiger partial charge in [-0.25, -0.2) is 18.4 Å². The number of fused-ring (bicyclic) bond motifs is 2. The number of hydrogen-bond donors (Lipinski definition) is 1. The second-order valence-electron chi connectivity index (χ2n) is 9.63. The van der Waals surface area contributed by atoms with E-state index in [9.17, 15) is 18.4 Å². The summed E-state index contributed by atoms with van der Waals surface area (Å²) in [5.41, 5.74) is 3.08. The number of rotatable bonds is 4. The highest BCUT2D eigenvalue weighted by Crippen LogP contribution is 2.65. The number of carbonyl (C=O) groups excluding carboxylic acids is 2. The van der Waals surface area contributed by atoms with Crippen molar-refractivity contribution in [1.29, 1.82) is 0 Å². The Bertz CT molecular complexity index is 1520. The van der Waals surface area contributed by atoms with Crippen LogP contribution in [0.15, 0.2) is 60.9 Å². The molecule has 4 aromatic rings. The Morgan fingerprint density at radius 3 is 2.50 bits per heavy atom.